The molecule has 0 radical (unpaired) electrons. The molecule has 0 bridgehead atoms. The Morgan fingerprint density at radius 2 is 2.12 bits per heavy atom. The molecule has 0 aromatic rings. The van der Waals surface area contributed by atoms with Crippen molar-refractivity contribution in [3.05, 3.63) is 0 Å². The van der Waals surface area contributed by atoms with E-state index in [1.807, 2.05) is 0 Å². The molecule has 6 heteroatoms. The molecule has 0 aromatic carbocycles. The van der Waals surface area contributed by atoms with Crippen molar-refractivity contribution in [3.63, 3.8) is 0 Å². The lowest BCUT2D eigenvalue weighted by Gasteiger charge is -2.26. The highest BCUT2D eigenvalue weighted by molar-refractivity contribution is 7.89. The van der Waals surface area contributed by atoms with E-state index in [4.69, 9.17) is 0 Å². The van der Waals surface area contributed by atoms with Crippen LogP contribution in [0.25, 0.3) is 0 Å². The second kappa shape index (κ2) is 4.00. The lowest BCUT2D eigenvalue weighted by molar-refractivity contribution is -0.122. The van der Waals surface area contributed by atoms with Crippen LogP contribution in [-0.4, -0.2) is 44.0 Å². The minimum absolute atomic E-state index is 0.0148. The van der Waals surface area contributed by atoms with Crippen LogP contribution in [0.4, 0.5) is 0 Å². The fraction of sp³-hybridized carbons (Fsp3) is 0.900. The van der Waals surface area contributed by atoms with Gasteiger partial charge in [-0.15, -0.1) is 0 Å². The van der Waals surface area contributed by atoms with E-state index in [1.54, 1.807) is 0 Å². The van der Waals surface area contributed by atoms with Crippen molar-refractivity contribution in [3.8, 4) is 0 Å². The van der Waals surface area contributed by atoms with Crippen LogP contribution >= 0.6 is 0 Å². The summed E-state index contributed by atoms with van der Waals surface area (Å²) in [6.07, 6.45) is 2.97. The lowest BCUT2D eigenvalue weighted by atomic mass is 10.1. The summed E-state index contributed by atoms with van der Waals surface area (Å²) in [6.45, 7) is 2.94. The van der Waals surface area contributed by atoms with Crippen LogP contribution in [-0.2, 0) is 14.8 Å². The molecule has 1 heterocycles. The van der Waals surface area contributed by atoms with Gasteiger partial charge in [0.05, 0.1) is 12.3 Å². The third kappa shape index (κ3) is 2.74. The number of hydrogen-bond acceptors (Lipinski definition) is 3. The summed E-state index contributed by atoms with van der Waals surface area (Å²) in [6, 6.07) is 0. The predicted octanol–water partition coefficient (Wildman–Crippen LogP) is -0.0618. The van der Waals surface area contributed by atoms with Crippen LogP contribution in [0.15, 0.2) is 0 Å². The van der Waals surface area contributed by atoms with E-state index in [0.717, 1.165) is 12.8 Å². The van der Waals surface area contributed by atoms with E-state index in [-0.39, 0.29) is 23.6 Å². The van der Waals surface area contributed by atoms with Crippen LogP contribution in [0.3, 0.4) is 0 Å². The minimum atomic E-state index is -3.24. The van der Waals surface area contributed by atoms with Gasteiger partial charge in [-0.05, 0) is 24.7 Å². The Balaban J connectivity index is 1.92. The number of nitrogens with zero attached hydrogens (tertiary/aromatic N) is 1. The quantitative estimate of drug-likeness (QED) is 0.755. The molecule has 0 unspecified atom stereocenters. The molecule has 0 aromatic heterocycles. The number of nitrogens with one attached hydrogen (secondary N) is 1. The molecule has 1 saturated heterocycles. The molecule has 1 N–H and O–H groups in total. The zero-order valence-electron chi connectivity index (χ0n) is 9.53. The maximum absolute atomic E-state index is 12.0. The van der Waals surface area contributed by atoms with Gasteiger partial charge in [-0.2, -0.15) is 4.31 Å². The summed E-state index contributed by atoms with van der Waals surface area (Å²) in [7, 11) is -3.24. The number of amides is 1. The van der Waals surface area contributed by atoms with E-state index in [1.165, 1.54) is 4.31 Å². The summed E-state index contributed by atoms with van der Waals surface area (Å²) >= 11 is 0. The second-order valence-electron chi connectivity index (χ2n) is 5.06. The number of carbonyl (C=O) groups excluding carboxylic acids is 1. The lowest BCUT2D eigenvalue weighted by Crippen LogP contribution is -2.50. The summed E-state index contributed by atoms with van der Waals surface area (Å²) in [4.78, 5) is 11.1. The topological polar surface area (TPSA) is 66.5 Å². The van der Waals surface area contributed by atoms with Crippen molar-refractivity contribution >= 4 is 15.9 Å². The van der Waals surface area contributed by atoms with Gasteiger partial charge in [-0.25, -0.2) is 8.42 Å². The monoisotopic (exact) mass is 246 g/mol. The first-order valence-corrected chi connectivity index (χ1v) is 7.27. The van der Waals surface area contributed by atoms with Gasteiger partial charge >= 0.3 is 0 Å². The van der Waals surface area contributed by atoms with Crippen molar-refractivity contribution in [2.75, 3.05) is 25.4 Å². The molecule has 0 spiro atoms. The maximum atomic E-state index is 12.0. The molecule has 1 saturated carbocycles. The number of sulfonamides is 1. The number of hydrogen-bond donors (Lipinski definition) is 1. The van der Waals surface area contributed by atoms with E-state index in [2.05, 4.69) is 12.2 Å². The molecule has 1 aliphatic carbocycles. The highest BCUT2D eigenvalue weighted by Crippen LogP contribution is 2.48. The molecule has 2 aliphatic rings. The van der Waals surface area contributed by atoms with Crippen molar-refractivity contribution in [1.82, 2.24) is 9.62 Å². The molecular formula is C10H18N2O3S. The SMILES string of the molecule is CC1(CCS(=O)(=O)N2CCNC(=O)C2)CC1. The number of rotatable bonds is 4. The smallest absolute Gasteiger partial charge is 0.235 e. The van der Waals surface area contributed by atoms with Gasteiger partial charge in [0.1, 0.15) is 0 Å². The van der Waals surface area contributed by atoms with E-state index < -0.39 is 10.0 Å². The molecule has 2 fully saturated rings. The van der Waals surface area contributed by atoms with Gasteiger partial charge in [0.25, 0.3) is 0 Å². The molecule has 5 nitrogen and oxygen atoms in total. The van der Waals surface area contributed by atoms with Gasteiger partial charge in [0.15, 0.2) is 0 Å². The fourth-order valence-electron chi connectivity index (χ4n) is 1.82. The first-order valence-electron chi connectivity index (χ1n) is 5.66. The van der Waals surface area contributed by atoms with Gasteiger partial charge in [-0.1, -0.05) is 6.92 Å². The first-order chi connectivity index (χ1) is 7.41. The zero-order valence-corrected chi connectivity index (χ0v) is 10.3. The summed E-state index contributed by atoms with van der Waals surface area (Å²) in [5.41, 5.74) is 0.241. The average molecular weight is 246 g/mol. The first kappa shape index (κ1) is 11.9. The molecule has 1 amide bonds. The van der Waals surface area contributed by atoms with Crippen LogP contribution in [0.2, 0.25) is 0 Å². The highest BCUT2D eigenvalue weighted by Gasteiger charge is 2.39. The highest BCUT2D eigenvalue weighted by atomic mass is 32.2. The van der Waals surface area contributed by atoms with Crippen LogP contribution in [0, 0.1) is 5.41 Å². The molecule has 2 rings (SSSR count). The zero-order chi connectivity index (χ0) is 11.8. The third-order valence-electron chi connectivity index (χ3n) is 3.46. The molecule has 1 aliphatic heterocycles. The molecular weight excluding hydrogens is 228 g/mol. The average Bonchev–Trinajstić information content (AvgIpc) is 2.95. The maximum Gasteiger partial charge on any atom is 0.235 e. The van der Waals surface area contributed by atoms with Crippen molar-refractivity contribution in [1.29, 1.82) is 0 Å². The molecule has 0 atom stereocenters. The van der Waals surface area contributed by atoms with Gasteiger partial charge < -0.3 is 5.32 Å². The van der Waals surface area contributed by atoms with Gasteiger partial charge in [0, 0.05) is 13.1 Å². The molecule has 16 heavy (non-hydrogen) atoms. The largest absolute Gasteiger partial charge is 0.354 e. The fourth-order valence-corrected chi connectivity index (χ4v) is 3.51. The number of carbonyl (C=O) groups is 1. The van der Waals surface area contributed by atoms with Crippen molar-refractivity contribution < 1.29 is 13.2 Å². The number of piperazine rings is 1. The van der Waals surface area contributed by atoms with Crippen LogP contribution in [0.5, 0.6) is 0 Å². The Kier molecular flexibility index (Phi) is 2.96. The Hall–Kier alpha value is -0.620. The summed E-state index contributed by atoms with van der Waals surface area (Å²) in [5.74, 6) is -0.0241. The van der Waals surface area contributed by atoms with E-state index in [0.29, 0.717) is 19.5 Å². The predicted molar refractivity (Wildman–Crippen MR) is 60.3 cm³/mol. The van der Waals surface area contributed by atoms with Crippen molar-refractivity contribution in [2.24, 2.45) is 5.41 Å². The Morgan fingerprint density at radius 3 is 2.69 bits per heavy atom. The third-order valence-corrected chi connectivity index (χ3v) is 5.28. The van der Waals surface area contributed by atoms with Gasteiger partial charge in [-0.3, -0.25) is 4.79 Å². The van der Waals surface area contributed by atoms with Crippen LogP contribution < -0.4 is 5.32 Å². The summed E-state index contributed by atoms with van der Waals surface area (Å²) < 4.78 is 25.2. The Morgan fingerprint density at radius 1 is 1.44 bits per heavy atom. The summed E-state index contributed by atoms with van der Waals surface area (Å²) in [5, 5.41) is 2.62. The van der Waals surface area contributed by atoms with Crippen molar-refractivity contribution in [2.45, 2.75) is 26.2 Å². The van der Waals surface area contributed by atoms with E-state index >= 15 is 0 Å². The normalized spacial score (nSPS) is 25.2. The Labute approximate surface area is 96.2 Å². The Bertz CT molecular complexity index is 387. The van der Waals surface area contributed by atoms with E-state index in [9.17, 15) is 13.2 Å². The van der Waals surface area contributed by atoms with Crippen LogP contribution in [0.1, 0.15) is 26.2 Å². The molecule has 92 valence electrons. The van der Waals surface area contributed by atoms with Gasteiger partial charge in [0.2, 0.25) is 15.9 Å². The minimum Gasteiger partial charge on any atom is -0.354 e. The second-order valence-corrected chi connectivity index (χ2v) is 7.15. The standard InChI is InChI=1S/C10H18N2O3S/c1-10(2-3-10)4-7-16(14,15)12-6-5-11-9(13)8-12/h2-8H2,1H3,(H,11,13).